The summed E-state index contributed by atoms with van der Waals surface area (Å²) in [7, 11) is 0. The van der Waals surface area contributed by atoms with Gasteiger partial charge in [0.05, 0.1) is 34.2 Å². The van der Waals surface area contributed by atoms with Gasteiger partial charge in [0.25, 0.3) is 0 Å². The zero-order valence-corrected chi connectivity index (χ0v) is 29.7. The number of hydrogen-bond acceptors (Lipinski definition) is 10. The van der Waals surface area contributed by atoms with Crippen LogP contribution in [0.15, 0.2) is 144 Å². The van der Waals surface area contributed by atoms with Crippen LogP contribution in [0.1, 0.15) is 48.4 Å². The van der Waals surface area contributed by atoms with Crippen LogP contribution in [0.4, 0.5) is 0 Å². The number of rotatable bonds is 10. The minimum absolute atomic E-state index is 0.0443. The Morgan fingerprint density at radius 3 is 1.83 bits per heavy atom. The molecule has 1 saturated heterocycles. The molecule has 0 N–H and O–H groups in total. The lowest BCUT2D eigenvalue weighted by Gasteiger charge is -2.28. The fraction of sp³-hybridized carbons (Fsp3) is 0.140. The Hall–Kier alpha value is -6.61. The molecule has 1 aliphatic rings. The van der Waals surface area contributed by atoms with E-state index in [9.17, 15) is 19.6 Å². The zero-order valence-electron chi connectivity index (χ0n) is 28.9. The van der Waals surface area contributed by atoms with Gasteiger partial charge in [0.2, 0.25) is 0 Å². The van der Waals surface area contributed by atoms with Gasteiger partial charge in [-0.3, -0.25) is 0 Å². The summed E-state index contributed by atoms with van der Waals surface area (Å²) in [6.45, 7) is 1.56. The maximum Gasteiger partial charge on any atom is 0.338 e. The van der Waals surface area contributed by atoms with Gasteiger partial charge in [-0.05, 0) is 67.1 Å². The summed E-state index contributed by atoms with van der Waals surface area (Å²) < 4.78 is 32.1. The van der Waals surface area contributed by atoms with Crippen molar-refractivity contribution in [3.05, 3.63) is 172 Å². The Morgan fingerprint density at radius 2 is 1.30 bits per heavy atom. The van der Waals surface area contributed by atoms with E-state index in [0.717, 1.165) is 5.56 Å². The number of carbonyl (C=O) groups is 3. The highest BCUT2D eigenvalue weighted by molar-refractivity contribution is 7.71. The number of aromatic nitrogens is 1. The molecule has 0 radical (unpaired) electrons. The van der Waals surface area contributed by atoms with Crippen LogP contribution < -0.4 is 0 Å². The Kier molecular flexibility index (Phi) is 10.6. The third-order valence-corrected chi connectivity index (χ3v) is 9.32. The highest BCUT2D eigenvalue weighted by Crippen LogP contribution is 2.41. The summed E-state index contributed by atoms with van der Waals surface area (Å²) >= 11 is 6.06. The second kappa shape index (κ2) is 16.0. The number of ether oxygens (including phenoxy) is 4. The van der Waals surface area contributed by atoms with Crippen molar-refractivity contribution in [1.82, 2.24) is 4.57 Å². The number of pyridine rings is 1. The van der Waals surface area contributed by atoms with Gasteiger partial charge in [0.15, 0.2) is 18.4 Å². The Bertz CT molecular complexity index is 2370. The van der Waals surface area contributed by atoms with Gasteiger partial charge in [-0.25, -0.2) is 14.4 Å². The molecule has 4 aromatic carbocycles. The summed E-state index contributed by atoms with van der Waals surface area (Å²) in [5.74, 6) is -1.68. The van der Waals surface area contributed by atoms with Crippen LogP contribution in [0.5, 0.6) is 0 Å². The van der Waals surface area contributed by atoms with Gasteiger partial charge >= 0.3 is 17.9 Å². The second-order valence-electron chi connectivity index (χ2n) is 12.5. The lowest BCUT2D eigenvalue weighted by atomic mass is 10.0. The average molecular weight is 737 g/mol. The topological polar surface area (TPSA) is 130 Å². The molecule has 0 aliphatic carbocycles. The van der Waals surface area contributed by atoms with Gasteiger partial charge < -0.3 is 27.9 Å². The van der Waals surface area contributed by atoms with E-state index in [1.165, 1.54) is 6.26 Å². The molecule has 7 rings (SSSR count). The van der Waals surface area contributed by atoms with E-state index in [-0.39, 0.29) is 27.9 Å². The first kappa shape index (κ1) is 35.8. The van der Waals surface area contributed by atoms with E-state index in [0.29, 0.717) is 28.1 Å². The fourth-order valence-electron chi connectivity index (χ4n) is 6.22. The van der Waals surface area contributed by atoms with Crippen LogP contribution in [-0.4, -0.2) is 47.4 Å². The van der Waals surface area contributed by atoms with E-state index in [1.54, 1.807) is 114 Å². The summed E-state index contributed by atoms with van der Waals surface area (Å²) in [6, 6.07) is 40.0. The molecule has 0 unspecified atom stereocenters. The molecule has 0 saturated carbocycles. The number of carbonyl (C=O) groups excluding carboxylic acids is 3. The maximum atomic E-state index is 13.8. The van der Waals surface area contributed by atoms with Gasteiger partial charge in [-0.15, -0.1) is 0 Å². The standard InChI is InChI=1S/C43H32N2O8S/c1-27-19-21-28(22-20-27)34-24-32(35-18-11-23-49-35)33(25-44)40(54)45(34)39-38(53-43(48)31-16-9-4-10-17-31)37(52-42(47)30-14-7-3-8-15-30)36(51-39)26-50-41(46)29-12-5-2-6-13-29/h2-24,36-39H,26H2,1H3/t36-,37-,38-,39-/m1/s1. The normalized spacial score (nSPS) is 17.6. The molecule has 2 aromatic heterocycles. The molecule has 10 nitrogen and oxygen atoms in total. The lowest BCUT2D eigenvalue weighted by Crippen LogP contribution is -2.41. The molecular weight excluding hydrogens is 705 g/mol. The van der Waals surface area contributed by atoms with Gasteiger partial charge in [-0.1, -0.05) is 96.6 Å². The van der Waals surface area contributed by atoms with Crippen molar-refractivity contribution < 1.29 is 37.7 Å². The minimum Gasteiger partial charge on any atom is -0.464 e. The van der Waals surface area contributed by atoms with Crippen molar-refractivity contribution in [3.8, 4) is 28.7 Å². The molecule has 6 aromatic rings. The second-order valence-corrected chi connectivity index (χ2v) is 12.8. The Morgan fingerprint density at radius 1 is 0.741 bits per heavy atom. The molecular formula is C43H32N2O8S. The summed E-state index contributed by atoms with van der Waals surface area (Å²) in [6.07, 6.45) is -3.62. The van der Waals surface area contributed by atoms with Crippen LogP contribution >= 0.6 is 12.2 Å². The molecule has 0 bridgehead atoms. The van der Waals surface area contributed by atoms with Crippen LogP contribution in [0, 0.1) is 22.9 Å². The molecule has 0 spiro atoms. The van der Waals surface area contributed by atoms with E-state index in [4.69, 9.17) is 35.6 Å². The number of aryl methyl sites for hydroxylation is 1. The van der Waals surface area contributed by atoms with E-state index < -0.39 is 42.4 Å². The Labute approximate surface area is 315 Å². The SMILES string of the molecule is Cc1ccc(-c2cc(-c3ccco3)c(C#N)c(=S)n2[C@@H]2O[C@H](COC(=O)c3ccccc3)[C@@H](OC(=O)c3ccccc3)[C@H]2OC(=O)c2ccccc2)cc1. The smallest absolute Gasteiger partial charge is 0.338 e. The van der Waals surface area contributed by atoms with Crippen molar-refractivity contribution in [2.24, 2.45) is 0 Å². The number of nitrogens with zero attached hydrogens (tertiary/aromatic N) is 2. The van der Waals surface area contributed by atoms with Crippen LogP contribution in [0.25, 0.3) is 22.6 Å². The number of esters is 3. The highest BCUT2D eigenvalue weighted by Gasteiger charge is 2.52. The lowest BCUT2D eigenvalue weighted by molar-refractivity contribution is -0.0620. The first-order valence-electron chi connectivity index (χ1n) is 17.0. The van der Waals surface area contributed by atoms with Crippen molar-refractivity contribution in [1.29, 1.82) is 5.26 Å². The zero-order chi connectivity index (χ0) is 37.6. The first-order chi connectivity index (χ1) is 26.3. The predicted molar refractivity (Wildman–Crippen MR) is 200 cm³/mol. The van der Waals surface area contributed by atoms with Crippen molar-refractivity contribution in [3.63, 3.8) is 0 Å². The minimum atomic E-state index is -1.36. The van der Waals surface area contributed by atoms with E-state index in [2.05, 4.69) is 6.07 Å². The van der Waals surface area contributed by atoms with E-state index in [1.807, 2.05) is 31.2 Å². The maximum absolute atomic E-state index is 13.8. The molecule has 4 atom stereocenters. The van der Waals surface area contributed by atoms with Crippen LogP contribution in [0.3, 0.4) is 0 Å². The summed E-state index contributed by atoms with van der Waals surface area (Å²) in [5.41, 5.74) is 3.50. The number of furan rings is 1. The number of hydrogen-bond donors (Lipinski definition) is 0. The first-order valence-corrected chi connectivity index (χ1v) is 17.4. The largest absolute Gasteiger partial charge is 0.464 e. The molecule has 1 fully saturated rings. The summed E-state index contributed by atoms with van der Waals surface area (Å²) in [5, 5.41) is 10.5. The van der Waals surface area contributed by atoms with Gasteiger partial charge in [-0.2, -0.15) is 5.26 Å². The molecule has 0 amide bonds. The quantitative estimate of drug-likeness (QED) is 0.0766. The number of nitriles is 1. The van der Waals surface area contributed by atoms with E-state index >= 15 is 0 Å². The Balaban J connectivity index is 1.39. The highest BCUT2D eigenvalue weighted by atomic mass is 32.1. The van der Waals surface area contributed by atoms with Crippen LogP contribution in [0.2, 0.25) is 0 Å². The molecule has 1 aliphatic heterocycles. The molecule has 11 heteroatoms. The molecule has 54 heavy (non-hydrogen) atoms. The number of benzene rings is 4. The predicted octanol–water partition coefficient (Wildman–Crippen LogP) is 8.53. The average Bonchev–Trinajstić information content (AvgIpc) is 3.86. The van der Waals surface area contributed by atoms with Gasteiger partial charge in [0.1, 0.15) is 29.2 Å². The van der Waals surface area contributed by atoms with Crippen molar-refractivity contribution in [2.45, 2.75) is 31.5 Å². The summed E-state index contributed by atoms with van der Waals surface area (Å²) in [4.78, 5) is 40.7. The van der Waals surface area contributed by atoms with Crippen LogP contribution in [-0.2, 0) is 18.9 Å². The third kappa shape index (κ3) is 7.47. The monoisotopic (exact) mass is 736 g/mol. The fourth-order valence-corrected chi connectivity index (χ4v) is 6.58. The van der Waals surface area contributed by atoms with Crippen molar-refractivity contribution >= 4 is 30.1 Å². The third-order valence-electron chi connectivity index (χ3n) is 8.92. The molecule has 3 heterocycles. The van der Waals surface area contributed by atoms with Crippen molar-refractivity contribution in [2.75, 3.05) is 6.61 Å². The molecule has 268 valence electrons. The van der Waals surface area contributed by atoms with Gasteiger partial charge in [0, 0.05) is 5.56 Å².